The number of carbonyl (C=O) groups excluding carboxylic acids is 1. The predicted octanol–water partition coefficient (Wildman–Crippen LogP) is 2.64. The fourth-order valence-electron chi connectivity index (χ4n) is 1.66. The van der Waals surface area contributed by atoms with Crippen molar-refractivity contribution in [2.75, 3.05) is 0 Å². The van der Waals surface area contributed by atoms with Crippen molar-refractivity contribution in [1.82, 2.24) is 4.98 Å². The molecule has 1 aromatic carbocycles. The van der Waals surface area contributed by atoms with Crippen LogP contribution in [0.15, 0.2) is 30.3 Å². The first kappa shape index (κ1) is 10.3. The van der Waals surface area contributed by atoms with Gasteiger partial charge in [-0.05, 0) is 24.6 Å². The zero-order valence-electron chi connectivity index (χ0n) is 8.90. The molecule has 16 heavy (non-hydrogen) atoms. The molecule has 0 saturated heterocycles. The van der Waals surface area contributed by atoms with E-state index in [1.54, 1.807) is 0 Å². The molecule has 0 atom stereocenters. The number of rotatable bonds is 2. The molecule has 78 valence electrons. The summed E-state index contributed by atoms with van der Waals surface area (Å²) in [6, 6.07) is 11.4. The van der Waals surface area contributed by atoms with Crippen LogP contribution in [0.3, 0.4) is 0 Å². The first-order valence-electron chi connectivity index (χ1n) is 4.99. The lowest BCUT2D eigenvalue weighted by Crippen LogP contribution is -2.04. The largest absolute Gasteiger partial charge is 0.291 e. The number of Topliss-reactive ketones (excluding diaryl/α,β-unsaturated/α-hetero) is 1. The number of nitrogens with zero attached hydrogens (tertiary/aromatic N) is 2. The molecule has 1 heterocycles. The van der Waals surface area contributed by atoms with Crippen LogP contribution in [0.25, 0.3) is 10.9 Å². The van der Waals surface area contributed by atoms with E-state index >= 15 is 0 Å². The average molecular weight is 210 g/mol. The molecule has 0 fully saturated rings. The summed E-state index contributed by atoms with van der Waals surface area (Å²) >= 11 is 0. The Labute approximate surface area is 93.3 Å². The normalized spacial score (nSPS) is 10.0. The molecule has 0 saturated carbocycles. The van der Waals surface area contributed by atoms with Gasteiger partial charge in [-0.2, -0.15) is 5.26 Å². The van der Waals surface area contributed by atoms with Gasteiger partial charge in [-0.1, -0.05) is 18.2 Å². The lowest BCUT2D eigenvalue weighted by Gasteiger charge is -2.04. The Hall–Kier alpha value is -2.21. The van der Waals surface area contributed by atoms with Gasteiger partial charge in [0.15, 0.2) is 5.78 Å². The minimum absolute atomic E-state index is 0.119. The Balaban J connectivity index is 2.59. The van der Waals surface area contributed by atoms with Crippen molar-refractivity contribution in [3.05, 3.63) is 41.6 Å². The van der Waals surface area contributed by atoms with Gasteiger partial charge in [-0.15, -0.1) is 0 Å². The van der Waals surface area contributed by atoms with Gasteiger partial charge in [0.25, 0.3) is 0 Å². The van der Waals surface area contributed by atoms with E-state index in [-0.39, 0.29) is 12.2 Å². The highest BCUT2D eigenvalue weighted by Gasteiger charge is 2.11. The Morgan fingerprint density at radius 3 is 2.94 bits per heavy atom. The number of aryl methyl sites for hydroxylation is 1. The molecule has 0 N–H and O–H groups in total. The molecule has 3 heteroatoms. The smallest absolute Gasteiger partial charge is 0.195 e. The van der Waals surface area contributed by atoms with Crippen LogP contribution in [-0.2, 0) is 0 Å². The van der Waals surface area contributed by atoms with Crippen molar-refractivity contribution in [2.24, 2.45) is 0 Å². The molecule has 0 unspecified atom stereocenters. The number of benzene rings is 1. The first-order valence-corrected chi connectivity index (χ1v) is 4.99. The van der Waals surface area contributed by atoms with Gasteiger partial charge in [0.1, 0.15) is 12.1 Å². The van der Waals surface area contributed by atoms with Gasteiger partial charge in [-0.3, -0.25) is 4.79 Å². The summed E-state index contributed by atoms with van der Waals surface area (Å²) in [4.78, 5) is 15.9. The van der Waals surface area contributed by atoms with Crippen LogP contribution in [0.5, 0.6) is 0 Å². The number of pyridine rings is 1. The van der Waals surface area contributed by atoms with Gasteiger partial charge < -0.3 is 0 Å². The van der Waals surface area contributed by atoms with Gasteiger partial charge in [0, 0.05) is 5.39 Å². The molecule has 0 aliphatic carbocycles. The Bertz CT molecular complexity index is 596. The van der Waals surface area contributed by atoms with Crippen molar-refractivity contribution in [3.63, 3.8) is 0 Å². The quantitative estimate of drug-likeness (QED) is 0.716. The molecule has 0 aliphatic rings. The molecule has 0 aliphatic heterocycles. The van der Waals surface area contributed by atoms with E-state index in [0.717, 1.165) is 16.5 Å². The van der Waals surface area contributed by atoms with Gasteiger partial charge in [-0.25, -0.2) is 4.98 Å². The molecule has 0 bridgehead atoms. The number of fused-ring (bicyclic) bond motifs is 1. The van der Waals surface area contributed by atoms with E-state index in [9.17, 15) is 4.79 Å². The van der Waals surface area contributed by atoms with Crippen LogP contribution in [0.2, 0.25) is 0 Å². The lowest BCUT2D eigenvalue weighted by molar-refractivity contribution is 0.0992. The first-order chi connectivity index (χ1) is 7.72. The summed E-state index contributed by atoms with van der Waals surface area (Å²) in [5.74, 6) is -0.217. The number of aromatic nitrogens is 1. The van der Waals surface area contributed by atoms with Crippen LogP contribution in [0.4, 0.5) is 0 Å². The van der Waals surface area contributed by atoms with E-state index in [0.29, 0.717) is 5.69 Å². The molecule has 0 radical (unpaired) electrons. The average Bonchev–Trinajstić information content (AvgIpc) is 2.28. The summed E-state index contributed by atoms with van der Waals surface area (Å²) in [6.45, 7) is 1.84. The fourth-order valence-corrected chi connectivity index (χ4v) is 1.66. The Morgan fingerprint density at radius 1 is 1.44 bits per heavy atom. The minimum atomic E-state index is -0.217. The van der Waals surface area contributed by atoms with E-state index < -0.39 is 0 Å². The van der Waals surface area contributed by atoms with Crippen LogP contribution in [0.1, 0.15) is 22.5 Å². The number of carbonyl (C=O) groups is 1. The molecule has 2 rings (SSSR count). The Kier molecular flexibility index (Phi) is 2.65. The maximum atomic E-state index is 11.6. The van der Waals surface area contributed by atoms with Crippen molar-refractivity contribution in [2.45, 2.75) is 13.3 Å². The minimum Gasteiger partial charge on any atom is -0.291 e. The maximum absolute atomic E-state index is 11.6. The highest BCUT2D eigenvalue weighted by atomic mass is 16.1. The maximum Gasteiger partial charge on any atom is 0.195 e. The summed E-state index contributed by atoms with van der Waals surface area (Å²) in [7, 11) is 0. The summed E-state index contributed by atoms with van der Waals surface area (Å²) < 4.78 is 0. The van der Waals surface area contributed by atoms with Crippen molar-refractivity contribution in [3.8, 4) is 6.07 Å². The van der Waals surface area contributed by atoms with E-state index in [1.807, 2.05) is 43.3 Å². The summed E-state index contributed by atoms with van der Waals surface area (Å²) in [5.41, 5.74) is 2.01. The molecule has 2 aromatic rings. The topological polar surface area (TPSA) is 53.8 Å². The molecular formula is C13H10N2O. The number of hydrogen-bond acceptors (Lipinski definition) is 3. The van der Waals surface area contributed by atoms with Crippen molar-refractivity contribution in [1.29, 1.82) is 5.26 Å². The highest BCUT2D eigenvalue weighted by molar-refractivity contribution is 5.99. The number of ketones is 1. The second kappa shape index (κ2) is 4.11. The zero-order valence-corrected chi connectivity index (χ0v) is 8.90. The summed E-state index contributed by atoms with van der Waals surface area (Å²) in [5, 5.41) is 9.51. The predicted molar refractivity (Wildman–Crippen MR) is 61.0 cm³/mol. The van der Waals surface area contributed by atoms with Crippen molar-refractivity contribution < 1.29 is 4.79 Å². The van der Waals surface area contributed by atoms with Crippen LogP contribution >= 0.6 is 0 Å². The molecular weight excluding hydrogens is 200 g/mol. The standard InChI is InChI=1S/C13H10N2O/c1-9-8-10-4-2-3-5-11(10)15-13(9)12(16)6-7-14/h2-5,8H,6H2,1H3. The lowest BCUT2D eigenvalue weighted by atomic mass is 10.1. The van der Waals surface area contributed by atoms with E-state index in [2.05, 4.69) is 4.98 Å². The van der Waals surface area contributed by atoms with Gasteiger partial charge in [0.05, 0.1) is 11.6 Å². The SMILES string of the molecule is Cc1cc2ccccc2nc1C(=O)CC#N. The fraction of sp³-hybridized carbons (Fsp3) is 0.154. The van der Waals surface area contributed by atoms with Crippen molar-refractivity contribution >= 4 is 16.7 Å². The molecule has 1 aromatic heterocycles. The van der Waals surface area contributed by atoms with Gasteiger partial charge in [0.2, 0.25) is 0 Å². The number of para-hydroxylation sites is 1. The highest BCUT2D eigenvalue weighted by Crippen LogP contribution is 2.16. The second-order valence-corrected chi connectivity index (χ2v) is 3.60. The third-order valence-corrected chi connectivity index (χ3v) is 2.42. The third-order valence-electron chi connectivity index (χ3n) is 2.42. The summed E-state index contributed by atoms with van der Waals surface area (Å²) in [6.07, 6.45) is -0.119. The zero-order chi connectivity index (χ0) is 11.5. The molecule has 3 nitrogen and oxygen atoms in total. The monoisotopic (exact) mass is 210 g/mol. The van der Waals surface area contributed by atoms with Crippen LogP contribution in [-0.4, -0.2) is 10.8 Å². The van der Waals surface area contributed by atoms with E-state index in [4.69, 9.17) is 5.26 Å². The molecule has 0 amide bonds. The van der Waals surface area contributed by atoms with Gasteiger partial charge >= 0.3 is 0 Å². The number of nitriles is 1. The van der Waals surface area contributed by atoms with Crippen LogP contribution < -0.4 is 0 Å². The Morgan fingerprint density at radius 2 is 2.19 bits per heavy atom. The third kappa shape index (κ3) is 1.78. The van der Waals surface area contributed by atoms with Crippen LogP contribution in [0, 0.1) is 18.3 Å². The van der Waals surface area contributed by atoms with E-state index in [1.165, 1.54) is 0 Å². The number of hydrogen-bond donors (Lipinski definition) is 0. The molecule has 0 spiro atoms. The second-order valence-electron chi connectivity index (χ2n) is 3.60.